The molecule has 0 amide bonds. The zero-order chi connectivity index (χ0) is 14.3. The highest BCUT2D eigenvalue weighted by atomic mass is 16.6. The number of hydrogen-bond acceptors (Lipinski definition) is 3. The molecule has 2 aliphatic rings. The van der Waals surface area contributed by atoms with Crippen LogP contribution in [0.2, 0.25) is 0 Å². The highest BCUT2D eigenvalue weighted by Crippen LogP contribution is 2.44. The predicted molar refractivity (Wildman–Crippen MR) is 75.2 cm³/mol. The van der Waals surface area contributed by atoms with E-state index in [0.717, 1.165) is 26.5 Å². The van der Waals surface area contributed by atoms with Gasteiger partial charge in [-0.05, 0) is 10.8 Å². The molecule has 6 heteroatoms. The van der Waals surface area contributed by atoms with E-state index >= 15 is 0 Å². The average Bonchev–Trinajstić information content (AvgIpc) is 2.96. The molecule has 0 N–H and O–H groups in total. The molecule has 0 spiro atoms. The average molecular weight is 281 g/mol. The number of aromatic nitrogens is 3. The molecule has 2 bridgehead atoms. The minimum Gasteiger partial charge on any atom is -0.323 e. The van der Waals surface area contributed by atoms with Gasteiger partial charge in [-0.25, -0.2) is 14.2 Å². The zero-order valence-electron chi connectivity index (χ0n) is 11.2. The molecule has 6 nitrogen and oxygen atoms in total. The molecule has 0 unspecified atom stereocenters. The van der Waals surface area contributed by atoms with Gasteiger partial charge in [0.25, 0.3) is 0 Å². The maximum atomic E-state index is 12.3. The second-order valence-electron chi connectivity index (χ2n) is 5.45. The van der Waals surface area contributed by atoms with Crippen LogP contribution in [-0.2, 0) is 11.8 Å². The fourth-order valence-electron chi connectivity index (χ4n) is 3.46. The van der Waals surface area contributed by atoms with Crippen molar-refractivity contribution < 1.29 is 4.74 Å². The van der Waals surface area contributed by atoms with Gasteiger partial charge in [-0.1, -0.05) is 36.4 Å². The van der Waals surface area contributed by atoms with E-state index < -0.39 is 12.5 Å². The van der Waals surface area contributed by atoms with Crippen LogP contribution in [0.4, 0.5) is 0 Å². The van der Waals surface area contributed by atoms with Crippen LogP contribution in [0.5, 0.6) is 0 Å². The third-order valence-corrected chi connectivity index (χ3v) is 4.40. The first kappa shape index (κ1) is 11.1. The summed E-state index contributed by atoms with van der Waals surface area (Å²) in [7, 11) is 1.49. The van der Waals surface area contributed by atoms with E-state index in [1.165, 1.54) is 16.4 Å². The van der Waals surface area contributed by atoms with Gasteiger partial charge in [0.15, 0.2) is 12.5 Å². The Morgan fingerprint density at radius 2 is 1.43 bits per heavy atom. The van der Waals surface area contributed by atoms with Gasteiger partial charge in [0.2, 0.25) is 0 Å². The molecule has 0 radical (unpaired) electrons. The lowest BCUT2D eigenvalue weighted by Gasteiger charge is -2.23. The van der Waals surface area contributed by atoms with Gasteiger partial charge < -0.3 is 4.74 Å². The molecule has 2 atom stereocenters. The summed E-state index contributed by atoms with van der Waals surface area (Å²) >= 11 is 0. The Morgan fingerprint density at radius 3 is 1.95 bits per heavy atom. The summed E-state index contributed by atoms with van der Waals surface area (Å²) in [5.41, 5.74) is 1.16. The van der Waals surface area contributed by atoms with Crippen LogP contribution in [0.15, 0.2) is 46.0 Å². The molecule has 1 aromatic heterocycles. The molecular weight excluding hydrogens is 270 g/mol. The highest BCUT2D eigenvalue weighted by Gasteiger charge is 2.42. The Balaban J connectivity index is 2.01. The molecule has 2 aliphatic heterocycles. The lowest BCUT2D eigenvalue weighted by atomic mass is 9.96. The van der Waals surface area contributed by atoms with Crippen LogP contribution < -0.4 is 11.4 Å². The first-order valence-electron chi connectivity index (χ1n) is 6.75. The van der Waals surface area contributed by atoms with Gasteiger partial charge in [0.1, 0.15) is 0 Å². The van der Waals surface area contributed by atoms with Crippen molar-refractivity contribution in [3.05, 3.63) is 68.5 Å². The van der Waals surface area contributed by atoms with Crippen molar-refractivity contribution in [1.29, 1.82) is 0 Å². The second kappa shape index (κ2) is 3.35. The molecule has 0 saturated carbocycles. The molecule has 0 saturated heterocycles. The van der Waals surface area contributed by atoms with Crippen molar-refractivity contribution in [3.63, 3.8) is 0 Å². The minimum atomic E-state index is -0.532. The smallest absolute Gasteiger partial charge is 0.323 e. The molecule has 0 aliphatic carbocycles. The van der Waals surface area contributed by atoms with Crippen molar-refractivity contribution in [3.8, 4) is 0 Å². The standard InChI is InChI=1S/C15H11N3O3/c1-16-14(19)17-12-9-6-2-4-8-5-3-7-10(11(8)9)13(21-12)18(17)15(16)20/h2-7,12-13H,1H3/t12-,13+. The quantitative estimate of drug-likeness (QED) is 0.616. The van der Waals surface area contributed by atoms with E-state index in [1.807, 2.05) is 36.4 Å². The first-order valence-corrected chi connectivity index (χ1v) is 6.75. The van der Waals surface area contributed by atoms with Gasteiger partial charge in [0.05, 0.1) is 0 Å². The first-order chi connectivity index (χ1) is 10.2. The third kappa shape index (κ3) is 1.09. The Hall–Kier alpha value is -2.60. The summed E-state index contributed by atoms with van der Waals surface area (Å²) in [6.07, 6.45) is -1.06. The second-order valence-corrected chi connectivity index (χ2v) is 5.45. The summed E-state index contributed by atoms with van der Waals surface area (Å²) in [5.74, 6) is 0. The summed E-state index contributed by atoms with van der Waals surface area (Å²) < 4.78 is 9.91. The van der Waals surface area contributed by atoms with E-state index in [4.69, 9.17) is 4.74 Å². The normalized spacial score (nSPS) is 21.8. The number of hydrogen-bond donors (Lipinski definition) is 0. The van der Waals surface area contributed by atoms with Crippen LogP contribution in [-0.4, -0.2) is 13.9 Å². The maximum absolute atomic E-state index is 12.3. The molecule has 0 fully saturated rings. The summed E-state index contributed by atoms with van der Waals surface area (Å²) in [5, 5.41) is 2.18. The number of nitrogens with zero attached hydrogens (tertiary/aromatic N) is 3. The molecule has 2 aromatic carbocycles. The number of benzene rings is 2. The third-order valence-electron chi connectivity index (χ3n) is 4.40. The SMILES string of the molecule is Cn1c(=O)n2n(c1=O)[C@H]1O[C@@H]2c2cccc3cccc1c23. The minimum absolute atomic E-state index is 0.350. The molecule has 104 valence electrons. The van der Waals surface area contributed by atoms with Crippen LogP contribution >= 0.6 is 0 Å². The number of fused-ring (bicyclic) bond motifs is 2. The van der Waals surface area contributed by atoms with Crippen molar-refractivity contribution in [1.82, 2.24) is 13.9 Å². The molecule has 3 aromatic rings. The van der Waals surface area contributed by atoms with Gasteiger partial charge in [-0.3, -0.25) is 0 Å². The molecule has 3 heterocycles. The van der Waals surface area contributed by atoms with Crippen LogP contribution in [0.3, 0.4) is 0 Å². The van der Waals surface area contributed by atoms with E-state index in [2.05, 4.69) is 0 Å². The largest absolute Gasteiger partial charge is 0.349 e. The van der Waals surface area contributed by atoms with Crippen molar-refractivity contribution in [2.75, 3.05) is 0 Å². The van der Waals surface area contributed by atoms with Crippen molar-refractivity contribution in [2.24, 2.45) is 7.05 Å². The Labute approximate surface area is 118 Å². The van der Waals surface area contributed by atoms with E-state index in [1.54, 1.807) is 0 Å². The Morgan fingerprint density at radius 1 is 0.905 bits per heavy atom. The van der Waals surface area contributed by atoms with E-state index in [0.29, 0.717) is 0 Å². The van der Waals surface area contributed by atoms with Crippen molar-refractivity contribution in [2.45, 2.75) is 12.5 Å². The van der Waals surface area contributed by atoms with Gasteiger partial charge in [-0.2, -0.15) is 9.36 Å². The van der Waals surface area contributed by atoms with Crippen LogP contribution in [0.25, 0.3) is 10.8 Å². The Bertz CT molecular complexity index is 964. The lowest BCUT2D eigenvalue weighted by molar-refractivity contribution is 0.0124. The van der Waals surface area contributed by atoms with E-state index in [9.17, 15) is 9.59 Å². The summed E-state index contributed by atoms with van der Waals surface area (Å²) in [6, 6.07) is 11.9. The monoisotopic (exact) mass is 281 g/mol. The fraction of sp³-hybridized carbons (Fsp3) is 0.200. The van der Waals surface area contributed by atoms with E-state index in [-0.39, 0.29) is 11.4 Å². The Kier molecular flexibility index (Phi) is 1.77. The van der Waals surface area contributed by atoms with Gasteiger partial charge >= 0.3 is 11.4 Å². The molecule has 21 heavy (non-hydrogen) atoms. The zero-order valence-corrected chi connectivity index (χ0v) is 11.2. The van der Waals surface area contributed by atoms with Gasteiger partial charge in [0, 0.05) is 18.2 Å². The lowest BCUT2D eigenvalue weighted by Crippen LogP contribution is -2.30. The number of rotatable bonds is 0. The van der Waals surface area contributed by atoms with Crippen molar-refractivity contribution >= 4 is 10.8 Å². The molecular formula is C15H11N3O3. The maximum Gasteiger partial charge on any atom is 0.349 e. The highest BCUT2D eigenvalue weighted by molar-refractivity contribution is 5.90. The number of ether oxygens (including phenoxy) is 1. The van der Waals surface area contributed by atoms with Gasteiger partial charge in [-0.15, -0.1) is 0 Å². The molecule has 5 rings (SSSR count). The van der Waals surface area contributed by atoms with Crippen LogP contribution in [0.1, 0.15) is 23.6 Å². The summed E-state index contributed by atoms with van der Waals surface area (Å²) in [4.78, 5) is 24.6. The predicted octanol–water partition coefficient (Wildman–Crippen LogP) is 0.939. The van der Waals surface area contributed by atoms with Crippen LogP contribution in [0, 0.1) is 0 Å². The fourth-order valence-corrected chi connectivity index (χ4v) is 3.46. The summed E-state index contributed by atoms with van der Waals surface area (Å²) in [6.45, 7) is 0. The topological polar surface area (TPSA) is 58.2 Å².